The fourth-order valence-electron chi connectivity index (χ4n) is 2.11. The molecule has 11 heteroatoms. The van der Waals surface area contributed by atoms with Gasteiger partial charge in [-0.05, 0) is 49.0 Å². The van der Waals surface area contributed by atoms with Crippen LogP contribution in [0.2, 0.25) is 0 Å². The Labute approximate surface area is 163 Å². The smallest absolute Gasteiger partial charge is 0.274 e. The van der Waals surface area contributed by atoms with Gasteiger partial charge in [0.15, 0.2) is 10.2 Å². The minimum Gasteiger partial charge on any atom is -0.448 e. The standard InChI is InChI=1S/C17H16N6O4S/c1-10-19-21-17(23(10)2)28-14-7-6-13(27-14)9-18-20-15(24)11-4-3-5-12(8-11)16(25)22-26/h3-9,26H,1-2H3,(H,20,24)(H,22,25)/b18-9+. The van der Waals surface area contributed by atoms with Gasteiger partial charge in [-0.2, -0.15) is 5.10 Å². The molecule has 0 radical (unpaired) electrons. The number of hydrogen-bond acceptors (Lipinski definition) is 8. The van der Waals surface area contributed by atoms with Crippen LogP contribution in [-0.4, -0.2) is 38.0 Å². The number of furan rings is 1. The van der Waals surface area contributed by atoms with Crippen molar-refractivity contribution >= 4 is 29.8 Å². The van der Waals surface area contributed by atoms with Gasteiger partial charge >= 0.3 is 0 Å². The van der Waals surface area contributed by atoms with E-state index in [4.69, 9.17) is 9.62 Å². The van der Waals surface area contributed by atoms with Crippen LogP contribution in [0.25, 0.3) is 0 Å². The summed E-state index contributed by atoms with van der Waals surface area (Å²) in [4.78, 5) is 23.5. The van der Waals surface area contributed by atoms with Gasteiger partial charge in [-0.25, -0.2) is 10.9 Å². The van der Waals surface area contributed by atoms with Gasteiger partial charge in [-0.15, -0.1) is 10.2 Å². The molecule has 0 aliphatic carbocycles. The molecule has 28 heavy (non-hydrogen) atoms. The molecule has 0 atom stereocenters. The van der Waals surface area contributed by atoms with Gasteiger partial charge < -0.3 is 8.98 Å². The topological polar surface area (TPSA) is 135 Å². The number of nitrogens with zero attached hydrogens (tertiary/aromatic N) is 4. The molecule has 3 N–H and O–H groups in total. The Kier molecular flexibility index (Phi) is 5.87. The van der Waals surface area contributed by atoms with Crippen molar-refractivity contribution in [2.24, 2.45) is 12.1 Å². The largest absolute Gasteiger partial charge is 0.448 e. The maximum absolute atomic E-state index is 12.1. The molecule has 2 amide bonds. The van der Waals surface area contributed by atoms with Crippen LogP contribution in [0.1, 0.15) is 32.3 Å². The third-order valence-electron chi connectivity index (χ3n) is 3.69. The lowest BCUT2D eigenvalue weighted by Crippen LogP contribution is -2.21. The van der Waals surface area contributed by atoms with E-state index >= 15 is 0 Å². The van der Waals surface area contributed by atoms with Crippen molar-refractivity contribution in [3.63, 3.8) is 0 Å². The normalized spacial score (nSPS) is 11.0. The lowest BCUT2D eigenvalue weighted by molar-refractivity contribution is 0.0706. The first kappa shape index (κ1) is 19.3. The van der Waals surface area contributed by atoms with Crippen molar-refractivity contribution in [2.45, 2.75) is 17.2 Å². The van der Waals surface area contributed by atoms with E-state index in [1.165, 1.54) is 47.7 Å². The van der Waals surface area contributed by atoms with Crippen LogP contribution in [0.5, 0.6) is 0 Å². The molecule has 0 saturated heterocycles. The summed E-state index contributed by atoms with van der Waals surface area (Å²) >= 11 is 1.31. The van der Waals surface area contributed by atoms with E-state index in [9.17, 15) is 9.59 Å². The number of hydroxylamine groups is 1. The third kappa shape index (κ3) is 4.45. The van der Waals surface area contributed by atoms with E-state index in [-0.39, 0.29) is 11.1 Å². The van der Waals surface area contributed by atoms with Gasteiger partial charge in [-0.1, -0.05) is 6.07 Å². The Hall–Kier alpha value is -3.44. The van der Waals surface area contributed by atoms with Crippen LogP contribution in [-0.2, 0) is 7.05 Å². The van der Waals surface area contributed by atoms with Crippen molar-refractivity contribution in [2.75, 3.05) is 0 Å². The minimum atomic E-state index is -0.711. The number of benzene rings is 1. The molecule has 3 aromatic rings. The summed E-state index contributed by atoms with van der Waals surface area (Å²) in [7, 11) is 1.86. The Morgan fingerprint density at radius 3 is 2.64 bits per heavy atom. The fourth-order valence-corrected chi connectivity index (χ4v) is 2.92. The van der Waals surface area contributed by atoms with Gasteiger partial charge in [0.25, 0.3) is 11.8 Å². The van der Waals surface area contributed by atoms with Crippen LogP contribution in [0.3, 0.4) is 0 Å². The van der Waals surface area contributed by atoms with Gasteiger partial charge in [0, 0.05) is 18.2 Å². The molecule has 0 saturated carbocycles. The second-order valence-electron chi connectivity index (χ2n) is 5.57. The minimum absolute atomic E-state index is 0.144. The highest BCUT2D eigenvalue weighted by molar-refractivity contribution is 7.99. The van der Waals surface area contributed by atoms with E-state index in [2.05, 4.69) is 20.7 Å². The molecule has 2 heterocycles. The zero-order valence-corrected chi connectivity index (χ0v) is 15.7. The quantitative estimate of drug-likeness (QED) is 0.326. The third-order valence-corrected chi connectivity index (χ3v) is 4.65. The van der Waals surface area contributed by atoms with Crippen LogP contribution in [0.4, 0.5) is 0 Å². The summed E-state index contributed by atoms with van der Waals surface area (Å²) in [6, 6.07) is 9.30. The van der Waals surface area contributed by atoms with Crippen LogP contribution >= 0.6 is 11.8 Å². The SMILES string of the molecule is Cc1nnc(Sc2ccc(/C=N/NC(=O)c3cccc(C(=O)NO)c3)o2)n1C. The monoisotopic (exact) mass is 400 g/mol. The maximum Gasteiger partial charge on any atom is 0.274 e. The Morgan fingerprint density at radius 2 is 1.96 bits per heavy atom. The van der Waals surface area contributed by atoms with E-state index in [1.54, 1.807) is 12.1 Å². The summed E-state index contributed by atoms with van der Waals surface area (Å²) < 4.78 is 7.44. The number of nitrogens with one attached hydrogen (secondary N) is 2. The highest BCUT2D eigenvalue weighted by Crippen LogP contribution is 2.27. The average Bonchev–Trinajstić information content (AvgIpc) is 3.29. The number of aryl methyl sites for hydroxylation is 1. The number of amides is 2. The van der Waals surface area contributed by atoms with Crippen molar-refractivity contribution in [1.29, 1.82) is 0 Å². The van der Waals surface area contributed by atoms with E-state index in [1.807, 2.05) is 18.5 Å². The van der Waals surface area contributed by atoms with Crippen molar-refractivity contribution in [3.05, 3.63) is 59.1 Å². The second-order valence-corrected chi connectivity index (χ2v) is 6.54. The molecule has 0 unspecified atom stereocenters. The maximum atomic E-state index is 12.1. The summed E-state index contributed by atoms with van der Waals surface area (Å²) in [6.07, 6.45) is 1.36. The Balaban J connectivity index is 1.60. The van der Waals surface area contributed by atoms with Crippen molar-refractivity contribution in [3.8, 4) is 0 Å². The molecule has 0 aliphatic rings. The molecule has 144 valence electrons. The van der Waals surface area contributed by atoms with Gasteiger partial charge in [0.2, 0.25) is 0 Å². The second kappa shape index (κ2) is 8.50. The first-order chi connectivity index (χ1) is 13.5. The molecular formula is C17H16N6O4S. The molecule has 2 aromatic heterocycles. The van der Waals surface area contributed by atoms with Crippen LogP contribution in [0.15, 0.2) is 56.2 Å². The summed E-state index contributed by atoms with van der Waals surface area (Å²) in [5.74, 6) is 0.00520. The first-order valence-corrected chi connectivity index (χ1v) is 8.81. The van der Waals surface area contributed by atoms with Gasteiger partial charge in [0.05, 0.1) is 6.21 Å². The summed E-state index contributed by atoms with van der Waals surface area (Å²) in [5, 5.41) is 21.8. The zero-order valence-electron chi connectivity index (χ0n) is 14.9. The number of carbonyl (C=O) groups excluding carboxylic acids is 2. The predicted octanol–water partition coefficient (Wildman–Crippen LogP) is 1.75. The van der Waals surface area contributed by atoms with Gasteiger partial charge in [-0.3, -0.25) is 14.8 Å². The molecular weight excluding hydrogens is 384 g/mol. The number of hydrazone groups is 1. The Morgan fingerprint density at radius 1 is 1.21 bits per heavy atom. The molecule has 0 fully saturated rings. The molecule has 10 nitrogen and oxygen atoms in total. The first-order valence-electron chi connectivity index (χ1n) is 7.99. The number of rotatable bonds is 6. The van der Waals surface area contributed by atoms with E-state index < -0.39 is 11.8 Å². The molecule has 0 bridgehead atoms. The summed E-state index contributed by atoms with van der Waals surface area (Å²) in [5.41, 5.74) is 4.22. The van der Waals surface area contributed by atoms with Crippen molar-refractivity contribution < 1.29 is 19.2 Å². The van der Waals surface area contributed by atoms with E-state index in [0.29, 0.717) is 16.0 Å². The molecule has 0 aliphatic heterocycles. The van der Waals surface area contributed by atoms with Crippen LogP contribution < -0.4 is 10.9 Å². The number of aromatic nitrogens is 3. The Bertz CT molecular complexity index is 1040. The van der Waals surface area contributed by atoms with Gasteiger partial charge in [0.1, 0.15) is 11.6 Å². The van der Waals surface area contributed by atoms with E-state index in [0.717, 1.165) is 5.82 Å². The fraction of sp³-hybridized carbons (Fsp3) is 0.118. The molecule has 1 aromatic carbocycles. The molecule has 3 rings (SSSR count). The predicted molar refractivity (Wildman–Crippen MR) is 99.3 cm³/mol. The average molecular weight is 400 g/mol. The highest BCUT2D eigenvalue weighted by atomic mass is 32.2. The van der Waals surface area contributed by atoms with Crippen molar-refractivity contribution in [1.82, 2.24) is 25.7 Å². The van der Waals surface area contributed by atoms with Crippen LogP contribution in [0, 0.1) is 6.92 Å². The lowest BCUT2D eigenvalue weighted by atomic mass is 10.1. The number of carbonyl (C=O) groups is 2. The molecule has 0 spiro atoms. The lowest BCUT2D eigenvalue weighted by Gasteiger charge is -2.02. The number of hydrogen-bond donors (Lipinski definition) is 3. The summed E-state index contributed by atoms with van der Waals surface area (Å²) in [6.45, 7) is 1.85. The highest BCUT2D eigenvalue weighted by Gasteiger charge is 2.11. The zero-order chi connectivity index (χ0) is 20.1.